The number of carbonyl (C=O) groups is 2. The van der Waals surface area contributed by atoms with E-state index in [1.807, 2.05) is 30.3 Å². The third kappa shape index (κ3) is 3.38. The Morgan fingerprint density at radius 3 is 2.56 bits per heavy atom. The van der Waals surface area contributed by atoms with Gasteiger partial charge < -0.3 is 16.0 Å². The number of nitrogens with one attached hydrogen (secondary N) is 1. The predicted octanol–water partition coefficient (Wildman–Crippen LogP) is 4.51. The Morgan fingerprint density at radius 1 is 1.11 bits per heavy atom. The van der Waals surface area contributed by atoms with E-state index >= 15 is 0 Å². The smallest absolute Gasteiger partial charge is 0.267 e. The molecule has 3 N–H and O–H groups in total. The maximum absolute atomic E-state index is 12.9. The predicted molar refractivity (Wildman–Crippen MR) is 111 cm³/mol. The summed E-state index contributed by atoms with van der Waals surface area (Å²) in [7, 11) is 0. The fourth-order valence-electron chi connectivity index (χ4n) is 3.36. The molecule has 5 nitrogen and oxygen atoms in total. The minimum Gasteiger partial charge on any atom is -0.370 e. The molecule has 1 aliphatic rings. The van der Waals surface area contributed by atoms with E-state index in [4.69, 9.17) is 17.3 Å². The van der Waals surface area contributed by atoms with Crippen LogP contribution in [0.2, 0.25) is 5.02 Å². The van der Waals surface area contributed by atoms with Crippen LogP contribution in [0.15, 0.2) is 42.5 Å². The molecule has 0 aliphatic carbocycles. The van der Waals surface area contributed by atoms with Crippen LogP contribution in [0, 0.1) is 0 Å². The quantitative estimate of drug-likeness (QED) is 0.677. The molecule has 3 aromatic rings. The molecule has 0 spiro atoms. The van der Waals surface area contributed by atoms with Gasteiger partial charge in [-0.05, 0) is 37.1 Å². The van der Waals surface area contributed by atoms with E-state index in [9.17, 15) is 9.59 Å². The number of nitrogens with zero attached hydrogens (tertiary/aromatic N) is 1. The fraction of sp³-hybridized carbons (Fsp3) is 0.200. The molecule has 1 saturated heterocycles. The number of nitrogens with two attached hydrogens (primary N) is 1. The zero-order valence-corrected chi connectivity index (χ0v) is 16.1. The van der Waals surface area contributed by atoms with Crippen molar-refractivity contribution in [2.45, 2.75) is 12.8 Å². The molecule has 138 valence electrons. The Balaban J connectivity index is 1.71. The minimum absolute atomic E-state index is 0.289. The van der Waals surface area contributed by atoms with Crippen LogP contribution in [0.5, 0.6) is 0 Å². The van der Waals surface area contributed by atoms with Gasteiger partial charge in [0.25, 0.3) is 5.91 Å². The van der Waals surface area contributed by atoms with Crippen LogP contribution in [0.1, 0.15) is 32.9 Å². The van der Waals surface area contributed by atoms with Crippen LogP contribution < -0.4 is 16.0 Å². The van der Waals surface area contributed by atoms with Crippen LogP contribution in [-0.4, -0.2) is 24.9 Å². The molecule has 7 heteroatoms. The molecule has 0 saturated carbocycles. The lowest BCUT2D eigenvalue weighted by Gasteiger charge is -2.22. The second-order valence-corrected chi connectivity index (χ2v) is 7.92. The van der Waals surface area contributed by atoms with Crippen molar-refractivity contribution in [3.8, 4) is 0 Å². The number of anilines is 2. The summed E-state index contributed by atoms with van der Waals surface area (Å²) in [5.41, 5.74) is 7.24. The molecule has 2 amide bonds. The maximum atomic E-state index is 12.9. The van der Waals surface area contributed by atoms with E-state index < -0.39 is 5.91 Å². The molecule has 27 heavy (non-hydrogen) atoms. The second-order valence-electron chi connectivity index (χ2n) is 6.49. The van der Waals surface area contributed by atoms with E-state index in [1.54, 1.807) is 12.1 Å². The number of carbonyl (C=O) groups excluding carboxylic acids is 2. The number of halogens is 1. The van der Waals surface area contributed by atoms with Crippen LogP contribution in [0.3, 0.4) is 0 Å². The van der Waals surface area contributed by atoms with Crippen LogP contribution >= 0.6 is 22.9 Å². The Morgan fingerprint density at radius 2 is 1.85 bits per heavy atom. The molecule has 2 aromatic carbocycles. The molecule has 1 aliphatic heterocycles. The number of primary amides is 1. The standard InChI is InChI=1S/C20H18ClN3O2S/c21-17-13-5-1-2-6-16(13)27-18(17)20(26)23-14-11-12(19(22)25)7-8-15(14)24-9-3-4-10-24/h1-2,5-8,11H,3-4,9-10H2,(H2,22,25)(H,23,26). The average molecular weight is 400 g/mol. The Labute approximate surface area is 165 Å². The Bertz CT molecular complexity index is 1040. The van der Waals surface area contributed by atoms with E-state index in [-0.39, 0.29) is 5.91 Å². The molecular formula is C20H18ClN3O2S. The van der Waals surface area contributed by atoms with Gasteiger partial charge in [0.05, 0.1) is 16.4 Å². The Hall–Kier alpha value is -2.57. The van der Waals surface area contributed by atoms with E-state index in [0.717, 1.165) is 41.7 Å². The van der Waals surface area contributed by atoms with Gasteiger partial charge in [-0.1, -0.05) is 29.8 Å². The van der Waals surface area contributed by atoms with Gasteiger partial charge in [-0.25, -0.2) is 0 Å². The highest BCUT2D eigenvalue weighted by Gasteiger charge is 2.21. The van der Waals surface area contributed by atoms with Crippen LogP contribution in [-0.2, 0) is 0 Å². The zero-order valence-electron chi connectivity index (χ0n) is 14.5. The number of fused-ring (bicyclic) bond motifs is 1. The van der Waals surface area contributed by atoms with E-state index in [1.165, 1.54) is 11.3 Å². The second kappa shape index (κ2) is 7.21. The number of amides is 2. The van der Waals surface area contributed by atoms with Gasteiger partial charge in [0.2, 0.25) is 5.91 Å². The van der Waals surface area contributed by atoms with E-state index in [0.29, 0.717) is 21.2 Å². The average Bonchev–Trinajstić information content (AvgIpc) is 3.30. The number of thiophene rings is 1. The lowest BCUT2D eigenvalue weighted by Crippen LogP contribution is -2.22. The molecule has 1 fully saturated rings. The number of hydrogen-bond donors (Lipinski definition) is 2. The van der Waals surface area contributed by atoms with Gasteiger partial charge in [0.15, 0.2) is 0 Å². The topological polar surface area (TPSA) is 75.4 Å². The number of benzene rings is 2. The molecule has 0 bridgehead atoms. The fourth-order valence-corrected chi connectivity index (χ4v) is 4.77. The number of rotatable bonds is 4. The molecule has 0 unspecified atom stereocenters. The van der Waals surface area contributed by atoms with Crippen molar-refractivity contribution < 1.29 is 9.59 Å². The minimum atomic E-state index is -0.529. The summed E-state index contributed by atoms with van der Waals surface area (Å²) in [5.74, 6) is -0.818. The highest BCUT2D eigenvalue weighted by molar-refractivity contribution is 7.21. The summed E-state index contributed by atoms with van der Waals surface area (Å²) >= 11 is 7.78. The van der Waals surface area contributed by atoms with Crippen molar-refractivity contribution in [1.82, 2.24) is 0 Å². The van der Waals surface area contributed by atoms with Crippen molar-refractivity contribution in [2.75, 3.05) is 23.3 Å². The largest absolute Gasteiger partial charge is 0.370 e. The van der Waals surface area contributed by atoms with Crippen molar-refractivity contribution in [3.63, 3.8) is 0 Å². The van der Waals surface area contributed by atoms with Crippen molar-refractivity contribution in [2.24, 2.45) is 5.73 Å². The van der Waals surface area contributed by atoms with Gasteiger partial charge in [-0.2, -0.15) is 0 Å². The molecule has 0 radical (unpaired) electrons. The SMILES string of the molecule is NC(=O)c1ccc(N2CCCC2)c(NC(=O)c2sc3ccccc3c2Cl)c1. The van der Waals surface area contributed by atoms with Gasteiger partial charge >= 0.3 is 0 Å². The summed E-state index contributed by atoms with van der Waals surface area (Å²) in [6.45, 7) is 1.84. The third-order valence-electron chi connectivity index (χ3n) is 4.72. The van der Waals surface area contributed by atoms with Gasteiger partial charge in [-0.15, -0.1) is 11.3 Å². The molecular weight excluding hydrogens is 382 g/mol. The number of hydrogen-bond acceptors (Lipinski definition) is 4. The van der Waals surface area contributed by atoms with Crippen molar-refractivity contribution in [1.29, 1.82) is 0 Å². The van der Waals surface area contributed by atoms with Gasteiger partial charge in [-0.3, -0.25) is 9.59 Å². The lowest BCUT2D eigenvalue weighted by atomic mass is 10.1. The summed E-state index contributed by atoms with van der Waals surface area (Å²) in [6, 6.07) is 12.8. The molecule has 2 heterocycles. The molecule has 1 aromatic heterocycles. The highest BCUT2D eigenvalue weighted by atomic mass is 35.5. The zero-order chi connectivity index (χ0) is 19.0. The summed E-state index contributed by atoms with van der Waals surface area (Å²) in [5, 5.41) is 4.25. The first kappa shape index (κ1) is 17.8. The lowest BCUT2D eigenvalue weighted by molar-refractivity contribution is 0.0996. The highest BCUT2D eigenvalue weighted by Crippen LogP contribution is 2.37. The molecule has 0 atom stereocenters. The van der Waals surface area contributed by atoms with Crippen LogP contribution in [0.25, 0.3) is 10.1 Å². The van der Waals surface area contributed by atoms with Gasteiger partial charge in [0.1, 0.15) is 4.88 Å². The van der Waals surface area contributed by atoms with Crippen molar-refractivity contribution in [3.05, 3.63) is 57.9 Å². The summed E-state index contributed by atoms with van der Waals surface area (Å²) in [6.07, 6.45) is 2.21. The van der Waals surface area contributed by atoms with Crippen LogP contribution in [0.4, 0.5) is 11.4 Å². The summed E-state index contributed by atoms with van der Waals surface area (Å²) in [4.78, 5) is 27.2. The molecule has 4 rings (SSSR count). The monoisotopic (exact) mass is 399 g/mol. The third-order valence-corrected chi connectivity index (χ3v) is 6.39. The van der Waals surface area contributed by atoms with Crippen molar-refractivity contribution >= 4 is 56.2 Å². The maximum Gasteiger partial charge on any atom is 0.267 e. The normalized spacial score (nSPS) is 13.9. The Kier molecular flexibility index (Phi) is 4.76. The first-order chi connectivity index (χ1) is 13.0. The summed E-state index contributed by atoms with van der Waals surface area (Å²) < 4.78 is 0.957. The first-order valence-electron chi connectivity index (χ1n) is 8.72. The van der Waals surface area contributed by atoms with E-state index in [2.05, 4.69) is 10.2 Å². The van der Waals surface area contributed by atoms with Gasteiger partial charge in [0, 0.05) is 28.7 Å². The first-order valence-corrected chi connectivity index (χ1v) is 9.91.